The number of hydrogen-bond acceptors (Lipinski definition) is 15. The largest absolute Gasteiger partial charge is 0.480 e. The van der Waals surface area contributed by atoms with Gasteiger partial charge in [-0.15, -0.1) is 0 Å². The van der Waals surface area contributed by atoms with E-state index in [0.29, 0.717) is 43.5 Å². The summed E-state index contributed by atoms with van der Waals surface area (Å²) in [6.45, 7) is 21.2. The first kappa shape index (κ1) is 83.8. The molecule has 27 heteroatoms. The van der Waals surface area contributed by atoms with Crippen molar-refractivity contribution in [2.75, 3.05) is 60.3 Å². The highest BCUT2D eigenvalue weighted by molar-refractivity contribution is 6.12. The number of imide groups is 1. The Morgan fingerprint density at radius 3 is 1.80 bits per heavy atom. The van der Waals surface area contributed by atoms with E-state index in [1.165, 1.54) is 50.1 Å². The zero-order valence-electron chi connectivity index (χ0n) is 60.4. The number of likely N-dealkylation sites (tertiary alicyclic amines) is 1. The number of hydrogen-bond donors (Lipinski definition) is 7. The number of unbranched alkanes of at least 4 members (excludes halogenated alkanes) is 2. The Bertz CT molecular complexity index is 2980. The molecule has 12 amide bonds. The summed E-state index contributed by atoms with van der Waals surface area (Å²) in [4.78, 5) is 161. The monoisotopic (exact) mass is 1370 g/mol. The maximum absolute atomic E-state index is 14.0. The van der Waals surface area contributed by atoms with Crippen molar-refractivity contribution in [1.82, 2.24) is 45.8 Å². The van der Waals surface area contributed by atoms with Crippen LogP contribution in [0.5, 0.6) is 0 Å². The van der Waals surface area contributed by atoms with E-state index in [0.717, 1.165) is 29.7 Å². The van der Waals surface area contributed by atoms with Gasteiger partial charge < -0.3 is 66.3 Å². The van der Waals surface area contributed by atoms with E-state index >= 15 is 0 Å². The SMILES string of the molecule is CC[C@H](C)[C@@H]([C@@H](CC)OC)N(C)C(=O)[C@@H](NC(=O)[C@H](C(C)C)N(C)C(=O)OCc1ccc(NC(=O)[C@H](CCCNC(N)=O)NC(=O)[C@H](C(C)C)N(C)C(=O)CCCCCN2C(=O)C=CC2=O)cc1)C(C)C.CO[C@H]([C@@H](C)C(=O)N[C@@H](Cc1ccccc1)C(=O)O)[C@@H]1CCCN1C(C)=O. The number of likely N-dealkylation sites (N-methyl/N-ethyl adjacent to an activating group) is 3. The summed E-state index contributed by atoms with van der Waals surface area (Å²) in [6.07, 6.45) is 6.50. The molecule has 1 fully saturated rings. The van der Waals surface area contributed by atoms with Crippen LogP contribution >= 0.6 is 0 Å². The van der Waals surface area contributed by atoms with Crippen molar-refractivity contribution in [2.24, 2.45) is 35.3 Å². The second-order valence-electron chi connectivity index (χ2n) is 26.4. The topological polar surface area (TPSA) is 355 Å². The number of benzene rings is 2. The number of carboxylic acid groups (broad SMARTS) is 1. The average Bonchev–Trinajstić information content (AvgIpc) is 1.36. The number of nitrogens with zero attached hydrogens (tertiary/aromatic N) is 5. The third-order valence-electron chi connectivity index (χ3n) is 18.2. The summed E-state index contributed by atoms with van der Waals surface area (Å²) in [5.41, 5.74) is 7.01. The van der Waals surface area contributed by atoms with Gasteiger partial charge >= 0.3 is 18.1 Å². The number of rotatable bonds is 38. The fourth-order valence-electron chi connectivity index (χ4n) is 12.5. The van der Waals surface area contributed by atoms with Crippen molar-refractivity contribution in [2.45, 2.75) is 208 Å². The quantitative estimate of drug-likeness (QED) is 0.0298. The van der Waals surface area contributed by atoms with E-state index in [-0.39, 0.29) is 123 Å². The minimum atomic E-state index is -1.08. The zero-order chi connectivity index (χ0) is 73.7. The maximum atomic E-state index is 14.0. The molecular formula is C71H111N11O16. The number of nitrogens with two attached hydrogens (primary N) is 1. The van der Waals surface area contributed by atoms with Crippen LogP contribution in [0.2, 0.25) is 0 Å². The highest BCUT2D eigenvalue weighted by atomic mass is 16.6. The van der Waals surface area contributed by atoms with Crippen molar-refractivity contribution >= 4 is 76.9 Å². The van der Waals surface area contributed by atoms with Crippen molar-refractivity contribution in [3.8, 4) is 0 Å². The molecule has 2 aliphatic heterocycles. The van der Waals surface area contributed by atoms with Gasteiger partial charge in [0.05, 0.1) is 30.2 Å². The minimum absolute atomic E-state index is 0.0420. The summed E-state index contributed by atoms with van der Waals surface area (Å²) in [5, 5.41) is 23.1. The summed E-state index contributed by atoms with van der Waals surface area (Å²) < 4.78 is 17.0. The Morgan fingerprint density at radius 2 is 1.27 bits per heavy atom. The molecule has 11 atom stereocenters. The molecule has 0 radical (unpaired) electrons. The lowest BCUT2D eigenvalue weighted by molar-refractivity contribution is -0.144. The summed E-state index contributed by atoms with van der Waals surface area (Å²) >= 11 is 0. The Kier molecular flexibility index (Phi) is 35.7. The van der Waals surface area contributed by atoms with Crippen LogP contribution in [0, 0.1) is 29.6 Å². The van der Waals surface area contributed by atoms with E-state index < -0.39 is 78.0 Å². The number of methoxy groups -OCH3 is 2. The predicted molar refractivity (Wildman–Crippen MR) is 370 cm³/mol. The maximum Gasteiger partial charge on any atom is 0.410 e. The molecule has 546 valence electrons. The average molecular weight is 1370 g/mol. The van der Waals surface area contributed by atoms with Gasteiger partial charge in [-0.3, -0.25) is 53.0 Å². The number of carbonyl (C=O) groups is 12. The lowest BCUT2D eigenvalue weighted by Gasteiger charge is -2.40. The van der Waals surface area contributed by atoms with Crippen molar-refractivity contribution in [3.05, 3.63) is 77.9 Å². The van der Waals surface area contributed by atoms with Crippen molar-refractivity contribution < 1.29 is 76.9 Å². The molecule has 27 nitrogen and oxygen atoms in total. The highest BCUT2D eigenvalue weighted by Gasteiger charge is 2.42. The molecule has 1 saturated heterocycles. The summed E-state index contributed by atoms with van der Waals surface area (Å²) in [6, 6.07) is 9.69. The summed E-state index contributed by atoms with van der Waals surface area (Å²) in [7, 11) is 7.90. The number of carboxylic acids is 1. The Hall–Kier alpha value is -8.46. The number of urea groups is 1. The number of aliphatic carboxylic acids is 1. The molecule has 2 aromatic rings. The van der Waals surface area contributed by atoms with Crippen LogP contribution in [0.25, 0.3) is 0 Å². The second-order valence-corrected chi connectivity index (χ2v) is 26.4. The molecule has 0 spiro atoms. The molecule has 0 bridgehead atoms. The van der Waals surface area contributed by atoms with Crippen LogP contribution in [-0.2, 0) is 75.2 Å². The Balaban J connectivity index is 0.000000765. The number of amides is 12. The van der Waals surface area contributed by atoms with Crippen molar-refractivity contribution in [3.63, 3.8) is 0 Å². The van der Waals surface area contributed by atoms with Gasteiger partial charge in [0.2, 0.25) is 41.4 Å². The van der Waals surface area contributed by atoms with Crippen LogP contribution in [0.15, 0.2) is 66.7 Å². The molecule has 2 aliphatic rings. The van der Waals surface area contributed by atoms with Gasteiger partial charge in [0.15, 0.2) is 0 Å². The molecule has 0 aliphatic carbocycles. The normalized spacial score (nSPS) is 16.6. The van der Waals surface area contributed by atoms with Crippen LogP contribution in [0.1, 0.15) is 151 Å². The standard InChI is InChI=1S/C51H83N9O11.C20H28N2O5/c1-14-34(9)45(38(15-2)70-13)58(11)49(67)42(31(3)4)56-48(66)44(33(7)8)59(12)51(69)71-30-35-22-24-36(25-23-35)54-46(64)37(20-19-28-53-50(52)68)55-47(65)43(32(5)6)57(10)39(61)21-17-16-18-29-60-40(62)26-27-41(60)63;1-13(18(27-3)17-10-7-11-22(17)14(2)23)19(24)21-16(20(25)26)12-15-8-5-4-6-9-15/h22-27,31-34,37-38,42-45H,14-21,28-30H2,1-13H3,(H,54,64)(H,55,65)(H,56,66)(H3,52,53,68);4-6,8-9,13,16-18H,7,10-12H2,1-3H3,(H,21,24)(H,25,26)/t34-,37-,38+,42-,43-,44-,45-;13-,16+,17+,18-/m01/s1. The number of ether oxygens (including phenoxy) is 3. The minimum Gasteiger partial charge on any atom is -0.480 e. The Labute approximate surface area is 578 Å². The van der Waals surface area contributed by atoms with E-state index in [9.17, 15) is 62.6 Å². The van der Waals surface area contributed by atoms with E-state index in [2.05, 4.69) is 40.4 Å². The summed E-state index contributed by atoms with van der Waals surface area (Å²) in [5.74, 6) is -5.74. The molecule has 0 saturated carbocycles. The highest BCUT2D eigenvalue weighted by Crippen LogP contribution is 2.28. The van der Waals surface area contributed by atoms with E-state index in [1.54, 1.807) is 82.8 Å². The van der Waals surface area contributed by atoms with Gasteiger partial charge in [-0.1, -0.05) is 125 Å². The van der Waals surface area contributed by atoms with Crippen LogP contribution in [0.3, 0.4) is 0 Å². The fourth-order valence-corrected chi connectivity index (χ4v) is 12.5. The molecule has 4 rings (SSSR count). The van der Waals surface area contributed by atoms with E-state index in [1.807, 2.05) is 51.1 Å². The number of carbonyl (C=O) groups excluding carboxylic acids is 11. The van der Waals surface area contributed by atoms with Gasteiger partial charge in [0, 0.05) is 92.6 Å². The second kappa shape index (κ2) is 41.7. The van der Waals surface area contributed by atoms with Gasteiger partial charge in [-0.2, -0.15) is 0 Å². The van der Waals surface area contributed by atoms with Gasteiger partial charge in [-0.25, -0.2) is 14.4 Å². The van der Waals surface area contributed by atoms with Gasteiger partial charge in [0.25, 0.3) is 11.8 Å². The van der Waals surface area contributed by atoms with Crippen LogP contribution < -0.4 is 32.3 Å². The lowest BCUT2D eigenvalue weighted by Crippen LogP contribution is -2.60. The first-order chi connectivity index (χ1) is 46.3. The van der Waals surface area contributed by atoms with Gasteiger partial charge in [0.1, 0.15) is 36.8 Å². The van der Waals surface area contributed by atoms with Crippen LogP contribution in [0.4, 0.5) is 15.3 Å². The number of anilines is 1. The number of primary amides is 1. The van der Waals surface area contributed by atoms with Crippen LogP contribution in [-0.4, -0.2) is 210 Å². The molecule has 0 unspecified atom stereocenters. The van der Waals surface area contributed by atoms with E-state index in [4.69, 9.17) is 19.9 Å². The molecule has 2 aromatic carbocycles. The first-order valence-electron chi connectivity index (χ1n) is 34.2. The first-order valence-corrected chi connectivity index (χ1v) is 34.2. The Morgan fingerprint density at radius 1 is 0.673 bits per heavy atom. The third-order valence-corrected chi connectivity index (χ3v) is 18.2. The molecule has 98 heavy (non-hydrogen) atoms. The number of nitrogens with one attached hydrogen (secondary N) is 5. The lowest BCUT2D eigenvalue weighted by atomic mass is 9.90. The molecule has 0 aromatic heterocycles. The van der Waals surface area contributed by atoms with Crippen molar-refractivity contribution in [1.29, 1.82) is 0 Å². The van der Waals surface area contributed by atoms with Gasteiger partial charge in [-0.05, 0) is 91.9 Å². The zero-order valence-corrected chi connectivity index (χ0v) is 60.4. The predicted octanol–water partition coefficient (Wildman–Crippen LogP) is 6.02. The molecule has 2 heterocycles. The molecular weight excluding hydrogens is 1260 g/mol. The fraction of sp³-hybridized carbons (Fsp3) is 0.634. The molecule has 8 N–H and O–H groups in total. The third kappa shape index (κ3) is 25.4. The smallest absolute Gasteiger partial charge is 0.410 e.